The highest BCUT2D eigenvalue weighted by Crippen LogP contribution is 2.16. The highest BCUT2D eigenvalue weighted by atomic mass is 14.7. The maximum atomic E-state index is 4.85. The summed E-state index contributed by atoms with van der Waals surface area (Å²) in [6, 6.07) is 25.4. The van der Waals surface area contributed by atoms with Gasteiger partial charge in [-0.15, -0.1) is 0 Å². The van der Waals surface area contributed by atoms with E-state index in [1.54, 1.807) is 0 Å². The van der Waals surface area contributed by atoms with E-state index in [0.29, 0.717) is 0 Å². The van der Waals surface area contributed by atoms with Crippen molar-refractivity contribution in [3.63, 3.8) is 0 Å². The highest BCUT2D eigenvalue weighted by Gasteiger charge is 2.07. The summed E-state index contributed by atoms with van der Waals surface area (Å²) in [5.41, 5.74) is 7.15. The Bertz CT molecular complexity index is 924. The normalized spacial score (nSPS) is 13.0. The molecule has 1 aromatic heterocycles. The van der Waals surface area contributed by atoms with Crippen LogP contribution in [0.1, 0.15) is 34.5 Å². The molecule has 0 bridgehead atoms. The molecule has 2 aromatic carbocycles. The Morgan fingerprint density at radius 3 is 2.20 bits per heavy atom. The molecule has 0 aliphatic carbocycles. The van der Waals surface area contributed by atoms with Crippen molar-refractivity contribution in [3.05, 3.63) is 113 Å². The Balaban J connectivity index is 1.51. The molecule has 1 aliphatic rings. The van der Waals surface area contributed by atoms with Crippen LogP contribution in [-0.2, 0) is 12.8 Å². The van der Waals surface area contributed by atoms with E-state index in [1.807, 2.05) is 12.3 Å². The summed E-state index contributed by atoms with van der Waals surface area (Å²) in [4.78, 5) is 9.28. The first-order valence-corrected chi connectivity index (χ1v) is 8.66. The van der Waals surface area contributed by atoms with Crippen LogP contribution >= 0.6 is 0 Å². The Hall–Kier alpha value is -3.00. The number of hydrogen-bond donors (Lipinski definition) is 0. The number of benzene rings is 2. The van der Waals surface area contributed by atoms with Crippen molar-refractivity contribution in [3.8, 4) is 0 Å². The van der Waals surface area contributed by atoms with Gasteiger partial charge in [-0.3, -0.25) is 9.98 Å². The predicted molar refractivity (Wildman–Crippen MR) is 103 cm³/mol. The van der Waals surface area contributed by atoms with Crippen LogP contribution in [0.2, 0.25) is 0 Å². The molecule has 25 heavy (non-hydrogen) atoms. The van der Waals surface area contributed by atoms with E-state index in [4.69, 9.17) is 4.98 Å². The van der Waals surface area contributed by atoms with Crippen molar-refractivity contribution in [2.24, 2.45) is 4.99 Å². The van der Waals surface area contributed by atoms with Crippen LogP contribution in [0.5, 0.6) is 0 Å². The second-order valence-electron chi connectivity index (χ2n) is 6.32. The largest absolute Gasteiger partial charge is 0.261 e. The number of pyridine rings is 1. The molecule has 0 saturated carbocycles. The van der Waals surface area contributed by atoms with Crippen molar-refractivity contribution >= 4 is 5.71 Å². The summed E-state index contributed by atoms with van der Waals surface area (Å²) in [7, 11) is 0. The van der Waals surface area contributed by atoms with Gasteiger partial charge >= 0.3 is 0 Å². The van der Waals surface area contributed by atoms with Crippen LogP contribution in [0.25, 0.3) is 0 Å². The van der Waals surface area contributed by atoms with Gasteiger partial charge in [0.25, 0.3) is 0 Å². The Morgan fingerprint density at radius 1 is 0.720 bits per heavy atom. The summed E-state index contributed by atoms with van der Waals surface area (Å²) in [5.74, 6) is 0. The molecule has 1 aliphatic heterocycles. The SMILES string of the molecule is C1=CN=C(c2cccc(Cc3cccc(Cc4ccccc4)n3)c2)C1. The Morgan fingerprint density at radius 2 is 1.44 bits per heavy atom. The summed E-state index contributed by atoms with van der Waals surface area (Å²) >= 11 is 0. The van der Waals surface area contributed by atoms with Crippen molar-refractivity contribution < 1.29 is 0 Å². The molecule has 2 nitrogen and oxygen atoms in total. The number of aromatic nitrogens is 1. The van der Waals surface area contributed by atoms with Crippen LogP contribution in [0.15, 0.2) is 90.1 Å². The van der Waals surface area contributed by atoms with Gasteiger partial charge in [-0.2, -0.15) is 0 Å². The molecule has 0 atom stereocenters. The van der Waals surface area contributed by atoms with Gasteiger partial charge in [-0.05, 0) is 34.9 Å². The fraction of sp³-hybridized carbons (Fsp3) is 0.130. The Kier molecular flexibility index (Phi) is 4.51. The van der Waals surface area contributed by atoms with Gasteiger partial charge in [0.15, 0.2) is 0 Å². The average molecular weight is 324 g/mol. The molecule has 0 amide bonds. The van der Waals surface area contributed by atoms with E-state index in [-0.39, 0.29) is 0 Å². The molecule has 0 radical (unpaired) electrons. The van der Waals surface area contributed by atoms with E-state index in [1.165, 1.54) is 16.7 Å². The molecule has 0 unspecified atom stereocenters. The highest BCUT2D eigenvalue weighted by molar-refractivity contribution is 6.03. The standard InChI is InChI=1S/C23H20N2/c1-2-7-18(8-3-1)16-21-11-5-12-22(25-21)17-19-9-4-10-20(15-19)23-13-6-14-24-23/h1-12,14-15H,13,16-17H2. The summed E-state index contributed by atoms with van der Waals surface area (Å²) in [6.07, 6.45) is 6.62. The van der Waals surface area contributed by atoms with Crippen molar-refractivity contribution in [2.75, 3.05) is 0 Å². The summed E-state index contributed by atoms with van der Waals surface area (Å²) in [5, 5.41) is 0. The number of allylic oxidation sites excluding steroid dienone is 1. The molecule has 0 spiro atoms. The quantitative estimate of drug-likeness (QED) is 0.650. The van der Waals surface area contributed by atoms with E-state index >= 15 is 0 Å². The molecule has 122 valence electrons. The van der Waals surface area contributed by atoms with Crippen molar-refractivity contribution in [1.82, 2.24) is 4.98 Å². The minimum Gasteiger partial charge on any atom is -0.261 e. The van der Waals surface area contributed by atoms with Gasteiger partial charge in [0.05, 0.1) is 5.71 Å². The van der Waals surface area contributed by atoms with Gasteiger partial charge in [0.1, 0.15) is 0 Å². The molecular formula is C23H20N2. The van der Waals surface area contributed by atoms with Crippen LogP contribution in [0.3, 0.4) is 0 Å². The third kappa shape index (κ3) is 3.92. The lowest BCUT2D eigenvalue weighted by Gasteiger charge is -2.07. The van der Waals surface area contributed by atoms with Gasteiger partial charge in [-0.25, -0.2) is 0 Å². The molecule has 3 aromatic rings. The first kappa shape index (κ1) is 15.5. The molecule has 2 heteroatoms. The zero-order chi connectivity index (χ0) is 16.9. The molecule has 0 fully saturated rings. The number of hydrogen-bond acceptors (Lipinski definition) is 2. The Labute approximate surface area is 148 Å². The fourth-order valence-corrected chi connectivity index (χ4v) is 3.15. The minimum absolute atomic E-state index is 0.844. The summed E-state index contributed by atoms with van der Waals surface area (Å²) < 4.78 is 0. The van der Waals surface area contributed by atoms with Crippen LogP contribution in [-0.4, -0.2) is 10.7 Å². The second-order valence-corrected chi connectivity index (χ2v) is 6.32. The zero-order valence-electron chi connectivity index (χ0n) is 14.1. The topological polar surface area (TPSA) is 25.2 Å². The summed E-state index contributed by atoms with van der Waals surface area (Å²) in [6.45, 7) is 0. The lowest BCUT2D eigenvalue weighted by molar-refractivity contribution is 0.992. The number of rotatable bonds is 5. The van der Waals surface area contributed by atoms with Crippen LogP contribution < -0.4 is 0 Å². The van der Waals surface area contributed by atoms with Crippen LogP contribution in [0.4, 0.5) is 0 Å². The van der Waals surface area contributed by atoms with E-state index in [0.717, 1.165) is 36.4 Å². The lowest BCUT2D eigenvalue weighted by Crippen LogP contribution is -2.00. The van der Waals surface area contributed by atoms with Gasteiger partial charge < -0.3 is 0 Å². The average Bonchev–Trinajstić information content (AvgIpc) is 3.18. The van der Waals surface area contributed by atoms with E-state index in [2.05, 4.69) is 77.8 Å². The van der Waals surface area contributed by atoms with Crippen molar-refractivity contribution in [1.29, 1.82) is 0 Å². The van der Waals surface area contributed by atoms with Gasteiger partial charge in [0, 0.05) is 36.9 Å². The van der Waals surface area contributed by atoms with Crippen molar-refractivity contribution in [2.45, 2.75) is 19.3 Å². The second kappa shape index (κ2) is 7.27. The fourth-order valence-electron chi connectivity index (χ4n) is 3.15. The minimum atomic E-state index is 0.844. The molecular weight excluding hydrogens is 304 g/mol. The maximum Gasteiger partial charge on any atom is 0.0514 e. The molecule has 0 saturated heterocycles. The van der Waals surface area contributed by atoms with Gasteiger partial charge in [-0.1, -0.05) is 60.7 Å². The smallest absolute Gasteiger partial charge is 0.0514 e. The molecule has 4 rings (SSSR count). The predicted octanol–water partition coefficient (Wildman–Crippen LogP) is 4.97. The maximum absolute atomic E-state index is 4.85. The van der Waals surface area contributed by atoms with Gasteiger partial charge in [0.2, 0.25) is 0 Å². The zero-order valence-corrected chi connectivity index (χ0v) is 14.1. The number of nitrogens with zero attached hydrogens (tertiary/aromatic N) is 2. The monoisotopic (exact) mass is 324 g/mol. The molecule has 0 N–H and O–H groups in total. The van der Waals surface area contributed by atoms with E-state index in [9.17, 15) is 0 Å². The first-order chi connectivity index (χ1) is 12.4. The molecule has 2 heterocycles. The lowest BCUT2D eigenvalue weighted by atomic mass is 10.0. The van der Waals surface area contributed by atoms with Crippen LogP contribution in [0, 0.1) is 0 Å². The number of aliphatic imine (C=N–C) groups is 1. The third-order valence-corrected chi connectivity index (χ3v) is 4.38. The first-order valence-electron chi connectivity index (χ1n) is 8.66. The third-order valence-electron chi connectivity index (χ3n) is 4.38. The van der Waals surface area contributed by atoms with E-state index < -0.39 is 0 Å².